The van der Waals surface area contributed by atoms with Gasteiger partial charge in [0.25, 0.3) is 0 Å². The third-order valence-corrected chi connectivity index (χ3v) is 4.61. The Balaban J connectivity index is 2.84. The average molecular weight is 293 g/mol. The molecule has 0 bridgehead atoms. The SMILES string of the molecule is C=C(C)C1CCC(C)CC1C(CN)OP(=O)(O)S. The molecule has 1 fully saturated rings. The van der Waals surface area contributed by atoms with Crippen LogP contribution in [0.15, 0.2) is 12.2 Å². The van der Waals surface area contributed by atoms with Crippen LogP contribution in [0.3, 0.4) is 0 Å². The van der Waals surface area contributed by atoms with Gasteiger partial charge in [0.05, 0.1) is 6.10 Å². The molecule has 1 aliphatic carbocycles. The molecule has 0 aliphatic heterocycles. The molecule has 0 saturated heterocycles. The highest BCUT2D eigenvalue weighted by atomic mass is 32.7. The van der Waals surface area contributed by atoms with Crippen LogP contribution in [-0.4, -0.2) is 17.5 Å². The van der Waals surface area contributed by atoms with E-state index < -0.39 is 12.9 Å². The minimum atomic E-state index is -3.80. The van der Waals surface area contributed by atoms with Crippen LogP contribution in [0.1, 0.15) is 33.1 Å². The minimum Gasteiger partial charge on any atom is -0.328 e. The van der Waals surface area contributed by atoms with Crippen LogP contribution in [0.4, 0.5) is 0 Å². The molecular weight excluding hydrogens is 269 g/mol. The van der Waals surface area contributed by atoms with E-state index in [0.29, 0.717) is 11.8 Å². The largest absolute Gasteiger partial charge is 0.383 e. The number of rotatable bonds is 5. The number of hydrogen-bond acceptors (Lipinski definition) is 3. The quantitative estimate of drug-likeness (QED) is 0.414. The van der Waals surface area contributed by atoms with E-state index in [4.69, 9.17) is 10.3 Å². The van der Waals surface area contributed by atoms with Gasteiger partial charge in [-0.3, -0.25) is 4.52 Å². The van der Waals surface area contributed by atoms with Crippen molar-refractivity contribution in [2.75, 3.05) is 6.54 Å². The topological polar surface area (TPSA) is 72.5 Å². The van der Waals surface area contributed by atoms with Crippen molar-refractivity contribution in [3.63, 3.8) is 0 Å². The van der Waals surface area contributed by atoms with E-state index in [9.17, 15) is 9.46 Å². The predicted octanol–water partition coefficient (Wildman–Crippen LogP) is 2.99. The molecule has 0 heterocycles. The van der Waals surface area contributed by atoms with Crippen molar-refractivity contribution in [2.24, 2.45) is 23.5 Å². The average Bonchev–Trinajstić information content (AvgIpc) is 2.24. The van der Waals surface area contributed by atoms with E-state index in [1.807, 2.05) is 6.92 Å². The summed E-state index contributed by atoms with van der Waals surface area (Å²) in [6.45, 7) is 4.64. The molecule has 1 rings (SSSR count). The highest BCUT2D eigenvalue weighted by Crippen LogP contribution is 2.51. The van der Waals surface area contributed by atoms with E-state index in [0.717, 1.165) is 24.8 Å². The predicted molar refractivity (Wildman–Crippen MR) is 77.5 cm³/mol. The molecule has 106 valence electrons. The summed E-state index contributed by atoms with van der Waals surface area (Å²) in [6, 6.07) is 0. The lowest BCUT2D eigenvalue weighted by Gasteiger charge is -2.39. The maximum Gasteiger partial charge on any atom is 0.383 e. The lowest BCUT2D eigenvalue weighted by atomic mass is 9.70. The Morgan fingerprint density at radius 2 is 2.28 bits per heavy atom. The van der Waals surface area contributed by atoms with Crippen molar-refractivity contribution in [1.82, 2.24) is 0 Å². The fourth-order valence-corrected chi connectivity index (χ4v) is 3.88. The third kappa shape index (κ3) is 4.71. The summed E-state index contributed by atoms with van der Waals surface area (Å²) < 4.78 is 16.5. The first-order chi connectivity index (χ1) is 8.24. The molecule has 0 aromatic carbocycles. The summed E-state index contributed by atoms with van der Waals surface area (Å²) in [6.07, 6.45) is 2.72. The van der Waals surface area contributed by atoms with Crippen molar-refractivity contribution < 1.29 is 14.0 Å². The van der Waals surface area contributed by atoms with Crippen molar-refractivity contribution in [3.8, 4) is 0 Å². The normalized spacial score (nSPS) is 33.7. The molecule has 0 spiro atoms. The van der Waals surface area contributed by atoms with Crippen LogP contribution < -0.4 is 5.73 Å². The minimum absolute atomic E-state index is 0.156. The second kappa shape index (κ2) is 6.58. The van der Waals surface area contributed by atoms with Crippen LogP contribution >= 0.6 is 19.0 Å². The lowest BCUT2D eigenvalue weighted by Crippen LogP contribution is -2.39. The van der Waals surface area contributed by atoms with Gasteiger partial charge in [0, 0.05) is 6.54 Å². The Kier molecular flexibility index (Phi) is 5.94. The van der Waals surface area contributed by atoms with Gasteiger partial charge in [0.1, 0.15) is 0 Å². The molecule has 18 heavy (non-hydrogen) atoms. The maximum atomic E-state index is 11.3. The summed E-state index contributed by atoms with van der Waals surface area (Å²) in [5.41, 5.74) is 6.80. The zero-order chi connectivity index (χ0) is 13.9. The molecule has 6 heteroatoms. The molecule has 5 atom stereocenters. The monoisotopic (exact) mass is 293 g/mol. The molecule has 0 radical (unpaired) electrons. The van der Waals surface area contributed by atoms with E-state index in [1.54, 1.807) is 0 Å². The standard InChI is InChI=1S/C12H24NO3PS/c1-8(2)10-5-4-9(3)6-11(10)12(7-13)16-17(14,15)18/h9-12H,1,4-7,13H2,2-3H3,(H2,14,15,18). The molecule has 0 aromatic rings. The Morgan fingerprint density at radius 3 is 2.72 bits per heavy atom. The highest BCUT2D eigenvalue weighted by Gasteiger charge is 2.37. The molecule has 5 unspecified atom stereocenters. The molecule has 3 N–H and O–H groups in total. The van der Waals surface area contributed by atoms with Crippen molar-refractivity contribution in [1.29, 1.82) is 0 Å². The first-order valence-corrected chi connectivity index (χ1v) is 9.07. The van der Waals surface area contributed by atoms with Gasteiger partial charge in [-0.05, 0) is 37.5 Å². The fraction of sp³-hybridized carbons (Fsp3) is 0.833. The van der Waals surface area contributed by atoms with E-state index >= 15 is 0 Å². The van der Waals surface area contributed by atoms with E-state index in [-0.39, 0.29) is 12.5 Å². The summed E-state index contributed by atoms with van der Waals surface area (Å²) >= 11 is 3.58. The fourth-order valence-electron chi connectivity index (χ4n) is 2.92. The third-order valence-electron chi connectivity index (χ3n) is 3.78. The van der Waals surface area contributed by atoms with Crippen LogP contribution in [0.5, 0.6) is 0 Å². The molecule has 1 aliphatic rings. The zero-order valence-electron chi connectivity index (χ0n) is 11.1. The second-order valence-electron chi connectivity index (χ2n) is 5.41. The first kappa shape index (κ1) is 16.3. The van der Waals surface area contributed by atoms with Crippen molar-refractivity contribution >= 4 is 19.0 Å². The van der Waals surface area contributed by atoms with Gasteiger partial charge in [-0.15, -0.1) is 0 Å². The van der Waals surface area contributed by atoms with Crippen molar-refractivity contribution in [2.45, 2.75) is 39.2 Å². The van der Waals surface area contributed by atoms with Gasteiger partial charge >= 0.3 is 6.80 Å². The zero-order valence-corrected chi connectivity index (χ0v) is 12.9. The maximum absolute atomic E-state index is 11.3. The summed E-state index contributed by atoms with van der Waals surface area (Å²) in [5, 5.41) is 0. The summed E-state index contributed by atoms with van der Waals surface area (Å²) in [7, 11) is 0. The Labute approximate surface area is 115 Å². The van der Waals surface area contributed by atoms with Gasteiger partial charge < -0.3 is 10.6 Å². The summed E-state index contributed by atoms with van der Waals surface area (Å²) in [4.78, 5) is 9.26. The highest BCUT2D eigenvalue weighted by molar-refractivity contribution is 8.44. The number of hydrogen-bond donors (Lipinski definition) is 3. The molecule has 0 amide bonds. The Bertz CT molecular complexity index is 344. The van der Waals surface area contributed by atoms with Gasteiger partial charge in [0.2, 0.25) is 0 Å². The Morgan fingerprint density at radius 1 is 1.67 bits per heavy atom. The molecule has 0 aromatic heterocycles. The van der Waals surface area contributed by atoms with E-state index in [2.05, 4.69) is 25.8 Å². The number of nitrogens with two attached hydrogens (primary N) is 1. The van der Waals surface area contributed by atoms with Crippen molar-refractivity contribution in [3.05, 3.63) is 12.2 Å². The first-order valence-electron chi connectivity index (χ1n) is 6.34. The second-order valence-corrected chi connectivity index (χ2v) is 8.11. The van der Waals surface area contributed by atoms with Gasteiger partial charge in [-0.1, -0.05) is 37.7 Å². The van der Waals surface area contributed by atoms with Gasteiger partial charge in [-0.2, -0.15) is 0 Å². The van der Waals surface area contributed by atoms with Gasteiger partial charge in [0.15, 0.2) is 0 Å². The summed E-state index contributed by atoms with van der Waals surface area (Å²) in [5.74, 6) is 1.06. The van der Waals surface area contributed by atoms with Crippen LogP contribution in [0.2, 0.25) is 0 Å². The molecule has 1 saturated carbocycles. The van der Waals surface area contributed by atoms with Crippen LogP contribution in [0.25, 0.3) is 0 Å². The van der Waals surface area contributed by atoms with Crippen LogP contribution in [0, 0.1) is 17.8 Å². The van der Waals surface area contributed by atoms with Gasteiger partial charge in [-0.25, -0.2) is 4.57 Å². The van der Waals surface area contributed by atoms with E-state index in [1.165, 1.54) is 0 Å². The molecule has 4 nitrogen and oxygen atoms in total. The lowest BCUT2D eigenvalue weighted by molar-refractivity contribution is 0.0644. The smallest absolute Gasteiger partial charge is 0.328 e. The number of thiol groups is 1. The van der Waals surface area contributed by atoms with Crippen LogP contribution in [-0.2, 0) is 9.09 Å². The number of allylic oxidation sites excluding steroid dienone is 1. The molecular formula is C12H24NO3PS. The Hall–Kier alpha value is 0.200.